The topological polar surface area (TPSA) is 74.6 Å². The van der Waals surface area contributed by atoms with Gasteiger partial charge in [-0.2, -0.15) is 5.10 Å². The predicted molar refractivity (Wildman–Crippen MR) is 115 cm³/mol. The van der Waals surface area contributed by atoms with E-state index in [9.17, 15) is 4.79 Å². The van der Waals surface area contributed by atoms with E-state index < -0.39 is 0 Å². The van der Waals surface area contributed by atoms with Crippen LogP contribution in [0.2, 0.25) is 0 Å². The van der Waals surface area contributed by atoms with E-state index in [0.717, 1.165) is 16.8 Å². The molecule has 0 radical (unpaired) electrons. The van der Waals surface area contributed by atoms with E-state index in [-0.39, 0.29) is 5.91 Å². The molecule has 0 aliphatic carbocycles. The number of hydrogen-bond donors (Lipinski definition) is 2. The number of amides is 1. The van der Waals surface area contributed by atoms with Crippen molar-refractivity contribution in [3.8, 4) is 5.69 Å². The number of guanidine groups is 1. The van der Waals surface area contributed by atoms with Gasteiger partial charge in [0.05, 0.1) is 5.69 Å². The maximum Gasteiger partial charge on any atom is 0.253 e. The zero-order valence-corrected chi connectivity index (χ0v) is 17.0. The molecule has 3 rings (SSSR count). The highest BCUT2D eigenvalue weighted by Gasteiger charge is 2.07. The lowest BCUT2D eigenvalue weighted by atomic mass is 10.1. The number of aromatic nitrogens is 2. The second kappa shape index (κ2) is 9.54. The van der Waals surface area contributed by atoms with Crippen molar-refractivity contribution in [2.24, 2.45) is 4.99 Å². The molecule has 29 heavy (non-hydrogen) atoms. The molecule has 1 amide bonds. The predicted octanol–water partition coefficient (Wildman–Crippen LogP) is 2.44. The van der Waals surface area contributed by atoms with Crippen LogP contribution in [0.3, 0.4) is 0 Å². The van der Waals surface area contributed by atoms with Crippen LogP contribution in [0.4, 0.5) is 0 Å². The van der Waals surface area contributed by atoms with Gasteiger partial charge >= 0.3 is 0 Å². The number of nitrogens with one attached hydrogen (secondary N) is 2. The van der Waals surface area contributed by atoms with Crippen LogP contribution < -0.4 is 10.6 Å². The highest BCUT2D eigenvalue weighted by atomic mass is 16.2. The average molecular weight is 390 g/mol. The van der Waals surface area contributed by atoms with E-state index in [0.29, 0.717) is 24.6 Å². The van der Waals surface area contributed by atoms with Crippen LogP contribution in [0.5, 0.6) is 0 Å². The van der Waals surface area contributed by atoms with Gasteiger partial charge in [-0.25, -0.2) is 4.68 Å². The number of aliphatic imine (C=N–C) groups is 1. The summed E-state index contributed by atoms with van der Waals surface area (Å²) < 4.78 is 1.83. The molecule has 7 nitrogen and oxygen atoms in total. The summed E-state index contributed by atoms with van der Waals surface area (Å²) in [5.41, 5.74) is 3.90. The summed E-state index contributed by atoms with van der Waals surface area (Å²) in [6.45, 7) is 1.26. The van der Waals surface area contributed by atoms with Gasteiger partial charge in [0.15, 0.2) is 5.96 Å². The van der Waals surface area contributed by atoms with Gasteiger partial charge in [-0.3, -0.25) is 9.79 Å². The lowest BCUT2D eigenvalue weighted by molar-refractivity contribution is 0.0827. The van der Waals surface area contributed by atoms with Crippen LogP contribution in [0.1, 0.15) is 21.5 Å². The van der Waals surface area contributed by atoms with E-state index in [4.69, 9.17) is 0 Å². The molecule has 2 aromatic carbocycles. The van der Waals surface area contributed by atoms with Crippen molar-refractivity contribution >= 4 is 11.9 Å². The highest BCUT2D eigenvalue weighted by Crippen LogP contribution is 2.09. The first-order valence-corrected chi connectivity index (χ1v) is 9.41. The second-order valence-corrected chi connectivity index (χ2v) is 6.80. The SMILES string of the molecule is CN=C(NCc1ccc(C(=O)N(C)C)cc1)NCc1cccc(-n2cccn2)c1. The van der Waals surface area contributed by atoms with Gasteiger partial charge in [0.25, 0.3) is 5.91 Å². The minimum Gasteiger partial charge on any atom is -0.352 e. The van der Waals surface area contributed by atoms with Crippen molar-refractivity contribution < 1.29 is 4.79 Å². The summed E-state index contributed by atoms with van der Waals surface area (Å²) in [5.74, 6) is 0.710. The van der Waals surface area contributed by atoms with Crippen LogP contribution in [0.25, 0.3) is 5.69 Å². The second-order valence-electron chi connectivity index (χ2n) is 6.80. The Labute approximate surface area is 171 Å². The van der Waals surface area contributed by atoms with Gasteiger partial charge in [-0.1, -0.05) is 24.3 Å². The van der Waals surface area contributed by atoms with Gasteiger partial charge in [0, 0.05) is 52.2 Å². The number of carbonyl (C=O) groups is 1. The Bertz CT molecular complexity index is 961. The number of carbonyl (C=O) groups excluding carboxylic acids is 1. The maximum absolute atomic E-state index is 12.0. The standard InChI is InChI=1S/C22H26N6O/c1-23-22(24-15-17-8-10-19(11-9-17)21(29)27(2)3)25-16-18-6-4-7-20(14-18)28-13-5-12-26-28/h4-14H,15-16H2,1-3H3,(H2,23,24,25). The summed E-state index contributed by atoms with van der Waals surface area (Å²) in [6.07, 6.45) is 3.68. The molecule has 0 saturated heterocycles. The number of nitrogens with zero attached hydrogens (tertiary/aromatic N) is 4. The molecule has 3 aromatic rings. The first-order chi connectivity index (χ1) is 14.1. The van der Waals surface area contributed by atoms with E-state index in [1.54, 1.807) is 32.2 Å². The summed E-state index contributed by atoms with van der Waals surface area (Å²) in [4.78, 5) is 17.8. The fraction of sp³-hybridized carbons (Fsp3) is 0.227. The van der Waals surface area contributed by atoms with Gasteiger partial charge in [0.1, 0.15) is 0 Å². The van der Waals surface area contributed by atoms with Crippen LogP contribution in [0, 0.1) is 0 Å². The Morgan fingerprint density at radius 2 is 1.76 bits per heavy atom. The zero-order valence-electron chi connectivity index (χ0n) is 17.0. The summed E-state index contributed by atoms with van der Waals surface area (Å²) in [7, 11) is 5.24. The zero-order chi connectivity index (χ0) is 20.6. The third-order valence-electron chi connectivity index (χ3n) is 4.43. The Morgan fingerprint density at radius 3 is 2.38 bits per heavy atom. The fourth-order valence-corrected chi connectivity index (χ4v) is 2.85. The van der Waals surface area contributed by atoms with E-state index >= 15 is 0 Å². The number of rotatable bonds is 6. The summed E-state index contributed by atoms with van der Waals surface area (Å²) in [6, 6.07) is 17.7. The molecule has 7 heteroatoms. The molecule has 0 saturated carbocycles. The largest absolute Gasteiger partial charge is 0.352 e. The molecule has 0 unspecified atom stereocenters. The van der Waals surface area contributed by atoms with Crippen LogP contribution in [0.15, 0.2) is 72.0 Å². The number of hydrogen-bond acceptors (Lipinski definition) is 3. The smallest absolute Gasteiger partial charge is 0.253 e. The van der Waals surface area contributed by atoms with Gasteiger partial charge in [-0.15, -0.1) is 0 Å². The molecule has 2 N–H and O–H groups in total. The van der Waals surface area contributed by atoms with Crippen LogP contribution >= 0.6 is 0 Å². The van der Waals surface area contributed by atoms with Gasteiger partial charge < -0.3 is 15.5 Å². The molecule has 1 aromatic heterocycles. The van der Waals surface area contributed by atoms with Crippen molar-refractivity contribution in [1.29, 1.82) is 0 Å². The van der Waals surface area contributed by atoms with E-state index in [2.05, 4.69) is 32.9 Å². The van der Waals surface area contributed by atoms with Gasteiger partial charge in [0.2, 0.25) is 0 Å². The molecule has 0 spiro atoms. The lowest BCUT2D eigenvalue weighted by Crippen LogP contribution is -2.36. The van der Waals surface area contributed by atoms with Crippen molar-refractivity contribution in [3.05, 3.63) is 83.7 Å². The van der Waals surface area contributed by atoms with Gasteiger partial charge in [-0.05, 0) is 41.5 Å². The summed E-state index contributed by atoms with van der Waals surface area (Å²) in [5, 5.41) is 10.9. The minimum absolute atomic E-state index is 0.000623. The monoisotopic (exact) mass is 390 g/mol. The first kappa shape index (κ1) is 20.1. The summed E-state index contributed by atoms with van der Waals surface area (Å²) >= 11 is 0. The molecular formula is C22H26N6O. The third kappa shape index (κ3) is 5.44. The lowest BCUT2D eigenvalue weighted by Gasteiger charge is -2.13. The molecule has 0 atom stereocenters. The Balaban J connectivity index is 1.54. The Kier molecular flexibility index (Phi) is 6.63. The number of benzene rings is 2. The molecule has 150 valence electrons. The quantitative estimate of drug-likeness (QED) is 0.501. The van der Waals surface area contributed by atoms with Crippen molar-refractivity contribution in [3.63, 3.8) is 0 Å². The normalized spacial score (nSPS) is 11.2. The molecule has 0 aliphatic heterocycles. The molecule has 0 aliphatic rings. The van der Waals surface area contributed by atoms with E-state index in [1.165, 1.54) is 0 Å². The Morgan fingerprint density at radius 1 is 1.03 bits per heavy atom. The van der Waals surface area contributed by atoms with E-state index in [1.807, 2.05) is 53.3 Å². The molecule has 1 heterocycles. The fourth-order valence-electron chi connectivity index (χ4n) is 2.85. The first-order valence-electron chi connectivity index (χ1n) is 9.41. The molecular weight excluding hydrogens is 364 g/mol. The van der Waals surface area contributed by atoms with Crippen molar-refractivity contribution in [2.45, 2.75) is 13.1 Å². The average Bonchev–Trinajstić information content (AvgIpc) is 3.29. The Hall–Kier alpha value is -3.61. The molecule has 0 fully saturated rings. The maximum atomic E-state index is 12.0. The minimum atomic E-state index is -0.000623. The third-order valence-corrected chi connectivity index (χ3v) is 4.43. The van der Waals surface area contributed by atoms with Crippen LogP contribution in [-0.2, 0) is 13.1 Å². The van der Waals surface area contributed by atoms with Crippen molar-refractivity contribution in [2.75, 3.05) is 21.1 Å². The highest BCUT2D eigenvalue weighted by molar-refractivity contribution is 5.93. The van der Waals surface area contributed by atoms with Crippen molar-refractivity contribution in [1.82, 2.24) is 25.3 Å². The van der Waals surface area contributed by atoms with Crippen LogP contribution in [-0.4, -0.2) is 47.7 Å². The molecule has 0 bridgehead atoms.